The normalized spacial score (nSPS) is 17.1. The first kappa shape index (κ1) is 11.9. The fourth-order valence-electron chi connectivity index (χ4n) is 1.98. The Balaban J connectivity index is 1.73. The van der Waals surface area contributed by atoms with Gasteiger partial charge in [-0.05, 0) is 18.6 Å². The van der Waals surface area contributed by atoms with E-state index in [4.69, 9.17) is 4.52 Å². The third kappa shape index (κ3) is 3.49. The van der Waals surface area contributed by atoms with Crippen LogP contribution in [0.2, 0.25) is 0 Å². The summed E-state index contributed by atoms with van der Waals surface area (Å²) >= 11 is 1.81. The van der Waals surface area contributed by atoms with Gasteiger partial charge in [0.05, 0.1) is 12.3 Å². The van der Waals surface area contributed by atoms with Crippen LogP contribution in [-0.4, -0.2) is 21.9 Å². The molecule has 5 heteroatoms. The Morgan fingerprint density at radius 1 is 1.44 bits per heavy atom. The van der Waals surface area contributed by atoms with E-state index >= 15 is 0 Å². The second-order valence-corrected chi connectivity index (χ2v) is 5.38. The van der Waals surface area contributed by atoms with Crippen LogP contribution in [0.1, 0.15) is 44.3 Å². The molecule has 0 amide bonds. The quantitative estimate of drug-likeness (QED) is 0.828. The zero-order valence-corrected chi connectivity index (χ0v) is 10.6. The van der Waals surface area contributed by atoms with E-state index in [0.29, 0.717) is 12.6 Å². The molecule has 0 saturated heterocycles. The molecule has 16 heavy (non-hydrogen) atoms. The molecule has 90 valence electrons. The van der Waals surface area contributed by atoms with Crippen molar-refractivity contribution in [2.24, 2.45) is 0 Å². The van der Waals surface area contributed by atoms with Gasteiger partial charge >= 0.3 is 0 Å². The predicted molar refractivity (Wildman–Crippen MR) is 65.2 cm³/mol. The predicted octanol–water partition coefficient (Wildman–Crippen LogP) is 2.35. The summed E-state index contributed by atoms with van der Waals surface area (Å²) in [5.74, 6) is 3.47. The Bertz CT molecular complexity index is 310. The first-order valence-electron chi connectivity index (χ1n) is 6.01. The van der Waals surface area contributed by atoms with Crippen LogP contribution in [0, 0.1) is 0 Å². The van der Waals surface area contributed by atoms with Gasteiger partial charge in [-0.15, -0.1) is 0 Å². The Hall–Kier alpha value is -0.550. The molecule has 0 atom stereocenters. The van der Waals surface area contributed by atoms with Gasteiger partial charge in [0.2, 0.25) is 5.89 Å². The highest BCUT2D eigenvalue weighted by Gasteiger charge is 2.15. The average molecular weight is 241 g/mol. The third-order valence-electron chi connectivity index (χ3n) is 2.84. The van der Waals surface area contributed by atoms with Crippen LogP contribution in [-0.2, 0) is 12.3 Å². The molecule has 1 aliphatic carbocycles. The second-order valence-electron chi connectivity index (χ2n) is 4.10. The highest BCUT2D eigenvalue weighted by Crippen LogP contribution is 2.18. The van der Waals surface area contributed by atoms with Crippen LogP contribution < -0.4 is 5.32 Å². The number of aromatic nitrogens is 2. The summed E-state index contributed by atoms with van der Waals surface area (Å²) in [6, 6.07) is 0.653. The molecule has 2 rings (SSSR count). The smallest absolute Gasteiger partial charge is 0.240 e. The van der Waals surface area contributed by atoms with Crippen molar-refractivity contribution in [1.29, 1.82) is 0 Å². The molecular formula is C11H19N3OS. The minimum Gasteiger partial charge on any atom is -0.338 e. The minimum atomic E-state index is 0.653. The van der Waals surface area contributed by atoms with E-state index in [1.54, 1.807) is 0 Å². The molecule has 0 aliphatic heterocycles. The van der Waals surface area contributed by atoms with E-state index in [1.807, 2.05) is 11.8 Å². The molecule has 1 aromatic rings. The molecule has 0 aromatic carbocycles. The van der Waals surface area contributed by atoms with Gasteiger partial charge in [-0.2, -0.15) is 16.7 Å². The van der Waals surface area contributed by atoms with Crippen molar-refractivity contribution >= 4 is 11.8 Å². The topological polar surface area (TPSA) is 51.0 Å². The van der Waals surface area contributed by atoms with Crippen molar-refractivity contribution in [3.05, 3.63) is 11.7 Å². The Labute approximate surface area is 101 Å². The van der Waals surface area contributed by atoms with E-state index in [1.165, 1.54) is 25.7 Å². The molecular weight excluding hydrogens is 222 g/mol. The number of hydrogen-bond donors (Lipinski definition) is 1. The lowest BCUT2D eigenvalue weighted by atomic mass is 10.2. The summed E-state index contributed by atoms with van der Waals surface area (Å²) in [5.41, 5.74) is 0. The highest BCUT2D eigenvalue weighted by molar-refractivity contribution is 7.98. The highest BCUT2D eigenvalue weighted by atomic mass is 32.2. The molecule has 1 N–H and O–H groups in total. The van der Waals surface area contributed by atoms with Crippen molar-refractivity contribution in [2.75, 3.05) is 5.75 Å². The SMILES string of the molecule is CCSCc1noc(CNC2CCCC2)n1. The number of thioether (sulfide) groups is 1. The van der Waals surface area contributed by atoms with Crippen LogP contribution in [0.5, 0.6) is 0 Å². The van der Waals surface area contributed by atoms with E-state index < -0.39 is 0 Å². The number of hydrogen-bond acceptors (Lipinski definition) is 5. The van der Waals surface area contributed by atoms with Gasteiger partial charge < -0.3 is 9.84 Å². The zero-order chi connectivity index (χ0) is 11.2. The van der Waals surface area contributed by atoms with E-state index in [9.17, 15) is 0 Å². The van der Waals surface area contributed by atoms with Gasteiger partial charge in [-0.1, -0.05) is 24.9 Å². The summed E-state index contributed by atoms with van der Waals surface area (Å²) in [5, 5.41) is 7.42. The average Bonchev–Trinajstić information content (AvgIpc) is 2.95. The summed E-state index contributed by atoms with van der Waals surface area (Å²) < 4.78 is 5.18. The zero-order valence-electron chi connectivity index (χ0n) is 9.74. The molecule has 0 radical (unpaired) electrons. The molecule has 4 nitrogen and oxygen atoms in total. The van der Waals surface area contributed by atoms with E-state index in [-0.39, 0.29) is 0 Å². The van der Waals surface area contributed by atoms with Crippen molar-refractivity contribution < 1.29 is 4.52 Å². The van der Waals surface area contributed by atoms with Gasteiger partial charge in [0.1, 0.15) is 0 Å². The Kier molecular flexibility index (Phi) is 4.66. The van der Waals surface area contributed by atoms with E-state index in [2.05, 4.69) is 22.4 Å². The standard InChI is InChI=1S/C11H19N3OS/c1-2-16-8-10-13-11(15-14-10)7-12-9-5-3-4-6-9/h9,12H,2-8H2,1H3. The summed E-state index contributed by atoms with van der Waals surface area (Å²) in [6.07, 6.45) is 5.26. The number of rotatable bonds is 6. The fraction of sp³-hybridized carbons (Fsp3) is 0.818. The van der Waals surface area contributed by atoms with Crippen molar-refractivity contribution in [1.82, 2.24) is 15.5 Å². The van der Waals surface area contributed by atoms with Gasteiger partial charge in [-0.25, -0.2) is 0 Å². The van der Waals surface area contributed by atoms with Gasteiger partial charge in [-0.3, -0.25) is 0 Å². The molecule has 1 saturated carbocycles. The van der Waals surface area contributed by atoms with Crippen molar-refractivity contribution in [2.45, 2.75) is 50.9 Å². The van der Waals surface area contributed by atoms with Crippen LogP contribution >= 0.6 is 11.8 Å². The number of nitrogens with zero attached hydrogens (tertiary/aromatic N) is 2. The summed E-state index contributed by atoms with van der Waals surface area (Å²) in [4.78, 5) is 4.35. The van der Waals surface area contributed by atoms with Crippen molar-refractivity contribution in [3.8, 4) is 0 Å². The lowest BCUT2D eigenvalue weighted by molar-refractivity contribution is 0.354. The van der Waals surface area contributed by atoms with Crippen molar-refractivity contribution in [3.63, 3.8) is 0 Å². The first-order valence-corrected chi connectivity index (χ1v) is 7.16. The third-order valence-corrected chi connectivity index (χ3v) is 3.71. The summed E-state index contributed by atoms with van der Waals surface area (Å²) in [6.45, 7) is 2.85. The molecule has 1 aromatic heterocycles. The second kappa shape index (κ2) is 6.25. The molecule has 0 spiro atoms. The maximum Gasteiger partial charge on any atom is 0.240 e. The maximum atomic E-state index is 5.18. The van der Waals surface area contributed by atoms with Gasteiger partial charge in [0.15, 0.2) is 5.82 Å². The molecule has 1 heterocycles. The monoisotopic (exact) mass is 241 g/mol. The number of nitrogens with one attached hydrogen (secondary N) is 1. The van der Waals surface area contributed by atoms with Gasteiger partial charge in [0.25, 0.3) is 0 Å². The Morgan fingerprint density at radius 2 is 2.25 bits per heavy atom. The lowest BCUT2D eigenvalue weighted by Gasteiger charge is -2.08. The summed E-state index contributed by atoms with van der Waals surface area (Å²) in [7, 11) is 0. The van der Waals surface area contributed by atoms with Gasteiger partial charge in [0, 0.05) is 6.04 Å². The maximum absolute atomic E-state index is 5.18. The Morgan fingerprint density at radius 3 is 3.00 bits per heavy atom. The molecule has 1 fully saturated rings. The van der Waals surface area contributed by atoms with Crippen LogP contribution in [0.25, 0.3) is 0 Å². The van der Waals surface area contributed by atoms with Crippen LogP contribution in [0.15, 0.2) is 4.52 Å². The minimum absolute atomic E-state index is 0.653. The first-order chi connectivity index (χ1) is 7.88. The van der Waals surface area contributed by atoms with E-state index in [0.717, 1.165) is 23.2 Å². The molecule has 1 aliphatic rings. The largest absolute Gasteiger partial charge is 0.338 e. The molecule has 0 unspecified atom stereocenters. The fourth-order valence-corrected chi connectivity index (χ4v) is 2.48. The van der Waals surface area contributed by atoms with Crippen LogP contribution in [0.3, 0.4) is 0 Å². The van der Waals surface area contributed by atoms with Crippen LogP contribution in [0.4, 0.5) is 0 Å². The molecule has 0 bridgehead atoms. The lowest BCUT2D eigenvalue weighted by Crippen LogP contribution is -2.25.